The Bertz CT molecular complexity index is 2580. The standard InChI is InChI=1S/C17H8Cl2F2N4O.C17H9ClF2N4O.Cl2/c18-10-4-2-1-3-9(10)13-14-16(25-24-13)23-17(15(19)22-14)26-12-6-5-8(20)7-11(12)21;18-11-4-2-1-3-10(11)15-16-17(24-23-15)22-14(8-21-16)25-13-6-5-9(19)7-12(13)20;1-2/h1-7H,(H,23,24,25);1-8H,(H,22,23,24);. The molecule has 8 rings (SSSR count). The maximum Gasteiger partial charge on any atom is 0.259 e. The number of nitrogens with zero attached hydrogens (tertiary/aromatic N) is 6. The Morgan fingerprint density at radius 1 is 0.566 bits per heavy atom. The van der Waals surface area contributed by atoms with Gasteiger partial charge in [-0.2, -0.15) is 20.2 Å². The minimum atomic E-state index is -0.887. The number of benzene rings is 4. The minimum Gasteiger partial charge on any atom is -0.434 e. The molecule has 0 aliphatic rings. The monoisotopic (exact) mass is 820 g/mol. The summed E-state index contributed by atoms with van der Waals surface area (Å²) in [6.45, 7) is 0. The summed E-state index contributed by atoms with van der Waals surface area (Å²) in [4.78, 5) is 16.8. The van der Waals surface area contributed by atoms with Crippen molar-refractivity contribution in [1.82, 2.24) is 40.3 Å². The second kappa shape index (κ2) is 16.6. The van der Waals surface area contributed by atoms with Gasteiger partial charge in [0.25, 0.3) is 5.88 Å². The predicted molar refractivity (Wildman–Crippen MR) is 194 cm³/mol. The van der Waals surface area contributed by atoms with E-state index in [4.69, 9.17) is 44.3 Å². The van der Waals surface area contributed by atoms with E-state index in [1.165, 1.54) is 12.3 Å². The summed E-state index contributed by atoms with van der Waals surface area (Å²) in [7, 11) is 8.22. The molecule has 0 unspecified atom stereocenters. The molecule has 19 heteroatoms. The lowest BCUT2D eigenvalue weighted by molar-refractivity contribution is 0.423. The van der Waals surface area contributed by atoms with Gasteiger partial charge in [-0.3, -0.25) is 10.2 Å². The molecular formula is C34H17Cl5F4N8O2. The van der Waals surface area contributed by atoms with Crippen LogP contribution in [0.3, 0.4) is 0 Å². The van der Waals surface area contributed by atoms with Gasteiger partial charge in [-0.25, -0.2) is 27.5 Å². The zero-order valence-electron chi connectivity index (χ0n) is 26.1. The van der Waals surface area contributed by atoms with Gasteiger partial charge in [-0.1, -0.05) is 71.2 Å². The molecule has 0 amide bonds. The van der Waals surface area contributed by atoms with Crippen molar-refractivity contribution < 1.29 is 27.0 Å². The van der Waals surface area contributed by atoms with Crippen molar-refractivity contribution in [3.05, 3.63) is 130 Å². The maximum absolute atomic E-state index is 13.8. The van der Waals surface area contributed by atoms with Crippen LogP contribution in [0.5, 0.6) is 23.3 Å². The Kier molecular flexibility index (Phi) is 11.8. The number of rotatable bonds is 6. The molecule has 4 aromatic heterocycles. The van der Waals surface area contributed by atoms with Gasteiger partial charge >= 0.3 is 0 Å². The van der Waals surface area contributed by atoms with Crippen molar-refractivity contribution in [2.24, 2.45) is 0 Å². The Morgan fingerprint density at radius 3 is 1.62 bits per heavy atom. The molecule has 0 aliphatic carbocycles. The topological polar surface area (TPSA) is 127 Å². The van der Waals surface area contributed by atoms with Crippen LogP contribution in [-0.4, -0.2) is 40.3 Å². The Morgan fingerprint density at radius 2 is 1.08 bits per heavy atom. The molecule has 10 nitrogen and oxygen atoms in total. The zero-order valence-corrected chi connectivity index (χ0v) is 29.8. The van der Waals surface area contributed by atoms with Crippen molar-refractivity contribution in [3.8, 4) is 45.8 Å². The SMILES string of the molecule is ClCl.Fc1ccc(Oc2cnc3c(-c4ccccc4Cl)[nH]nc3n2)c(F)c1.Fc1ccc(Oc2nc3n[nH]c(-c4ccccc4Cl)c3nc2Cl)c(F)c1. The van der Waals surface area contributed by atoms with Gasteiger partial charge in [0, 0.05) is 45.0 Å². The fourth-order valence-electron chi connectivity index (χ4n) is 4.73. The molecule has 268 valence electrons. The number of aromatic amines is 2. The molecule has 0 bridgehead atoms. The van der Waals surface area contributed by atoms with Crippen molar-refractivity contribution >= 4 is 78.8 Å². The number of hydrogen-bond donors (Lipinski definition) is 2. The fraction of sp³-hybridized carbons (Fsp3) is 0. The molecule has 0 aliphatic heterocycles. The average Bonchev–Trinajstić information content (AvgIpc) is 3.76. The Balaban J connectivity index is 0.000000173. The molecular weight excluding hydrogens is 806 g/mol. The summed E-state index contributed by atoms with van der Waals surface area (Å²) in [6, 6.07) is 20.3. The number of H-pyrrole nitrogens is 2. The number of hydrogen-bond acceptors (Lipinski definition) is 8. The number of nitrogens with one attached hydrogen (secondary N) is 2. The lowest BCUT2D eigenvalue weighted by Crippen LogP contribution is -1.95. The van der Waals surface area contributed by atoms with Crippen LogP contribution >= 0.6 is 56.5 Å². The van der Waals surface area contributed by atoms with E-state index in [1.54, 1.807) is 24.3 Å². The summed E-state index contributed by atoms with van der Waals surface area (Å²) >= 11 is 18.5. The zero-order chi connectivity index (χ0) is 37.6. The van der Waals surface area contributed by atoms with E-state index in [0.717, 1.165) is 29.8 Å². The first kappa shape index (κ1) is 37.5. The normalized spacial score (nSPS) is 10.7. The van der Waals surface area contributed by atoms with Crippen molar-refractivity contribution in [2.45, 2.75) is 0 Å². The maximum atomic E-state index is 13.8. The highest BCUT2D eigenvalue weighted by Crippen LogP contribution is 2.35. The van der Waals surface area contributed by atoms with E-state index in [9.17, 15) is 17.6 Å². The Hall–Kier alpha value is -5.25. The quantitative estimate of drug-likeness (QED) is 0.159. The van der Waals surface area contributed by atoms with Crippen LogP contribution in [0.1, 0.15) is 0 Å². The van der Waals surface area contributed by atoms with Crippen LogP contribution in [0.15, 0.2) is 91.1 Å². The molecule has 0 saturated carbocycles. The van der Waals surface area contributed by atoms with Gasteiger partial charge in [0.2, 0.25) is 17.2 Å². The third kappa shape index (κ3) is 8.37. The average molecular weight is 823 g/mol. The first-order chi connectivity index (χ1) is 25.6. The highest BCUT2D eigenvalue weighted by atomic mass is 36.5. The first-order valence-electron chi connectivity index (χ1n) is 14.7. The number of halogens is 9. The number of fused-ring (bicyclic) bond motifs is 2. The van der Waals surface area contributed by atoms with E-state index < -0.39 is 23.3 Å². The molecule has 53 heavy (non-hydrogen) atoms. The smallest absolute Gasteiger partial charge is 0.259 e. The third-order valence-corrected chi connectivity index (χ3v) is 7.96. The van der Waals surface area contributed by atoms with Crippen LogP contribution in [0, 0.1) is 23.3 Å². The molecule has 4 heterocycles. The van der Waals surface area contributed by atoms with Crippen molar-refractivity contribution in [3.63, 3.8) is 0 Å². The van der Waals surface area contributed by atoms with E-state index in [2.05, 4.69) is 62.0 Å². The summed E-state index contributed by atoms with van der Waals surface area (Å²) in [6.07, 6.45) is 1.33. The fourth-order valence-corrected chi connectivity index (χ4v) is 5.35. The minimum absolute atomic E-state index is 0.0372. The van der Waals surface area contributed by atoms with E-state index in [1.807, 2.05) is 24.3 Å². The lowest BCUT2D eigenvalue weighted by atomic mass is 10.1. The highest BCUT2D eigenvalue weighted by Gasteiger charge is 2.19. The molecule has 0 spiro atoms. The molecule has 0 fully saturated rings. The summed E-state index contributed by atoms with van der Waals surface area (Å²) in [5.74, 6) is -3.64. The van der Waals surface area contributed by atoms with Crippen LogP contribution in [0.25, 0.3) is 44.8 Å². The second-order valence-electron chi connectivity index (χ2n) is 10.4. The summed E-state index contributed by atoms with van der Waals surface area (Å²) in [5, 5.41) is 14.8. The van der Waals surface area contributed by atoms with E-state index in [-0.39, 0.29) is 39.7 Å². The third-order valence-electron chi connectivity index (χ3n) is 7.05. The van der Waals surface area contributed by atoms with Gasteiger partial charge in [-0.15, -0.1) is 0 Å². The van der Waals surface area contributed by atoms with Crippen LogP contribution < -0.4 is 9.47 Å². The van der Waals surface area contributed by atoms with Crippen LogP contribution in [0.2, 0.25) is 15.2 Å². The Labute approximate surface area is 320 Å². The summed E-state index contributed by atoms with van der Waals surface area (Å²) in [5.41, 5.74) is 3.96. The molecule has 8 aromatic rings. The molecule has 0 saturated heterocycles. The van der Waals surface area contributed by atoms with Gasteiger partial charge in [-0.05, 0) is 36.4 Å². The van der Waals surface area contributed by atoms with Crippen molar-refractivity contribution in [2.75, 3.05) is 0 Å². The highest BCUT2D eigenvalue weighted by molar-refractivity contribution is 6.85. The van der Waals surface area contributed by atoms with Gasteiger partial charge in [0.05, 0.1) is 27.6 Å². The van der Waals surface area contributed by atoms with Gasteiger partial charge in [0.1, 0.15) is 22.7 Å². The van der Waals surface area contributed by atoms with Crippen LogP contribution in [-0.2, 0) is 0 Å². The van der Waals surface area contributed by atoms with Crippen LogP contribution in [0.4, 0.5) is 17.6 Å². The van der Waals surface area contributed by atoms with Crippen molar-refractivity contribution in [1.29, 1.82) is 0 Å². The number of ether oxygens (including phenoxy) is 2. The molecule has 0 radical (unpaired) electrons. The summed E-state index contributed by atoms with van der Waals surface area (Å²) < 4.78 is 64.0. The molecule has 0 atom stereocenters. The van der Waals surface area contributed by atoms with Gasteiger partial charge in [0.15, 0.2) is 28.3 Å². The lowest BCUT2D eigenvalue weighted by Gasteiger charge is -2.07. The number of aromatic nitrogens is 8. The van der Waals surface area contributed by atoms with Gasteiger partial charge < -0.3 is 9.47 Å². The predicted octanol–water partition coefficient (Wildman–Crippen LogP) is 11.5. The van der Waals surface area contributed by atoms with E-state index in [0.29, 0.717) is 44.1 Å². The molecule has 2 N–H and O–H groups in total. The largest absolute Gasteiger partial charge is 0.434 e. The van der Waals surface area contributed by atoms with E-state index >= 15 is 0 Å². The first-order valence-corrected chi connectivity index (χ1v) is 16.9. The molecule has 4 aromatic carbocycles. The second-order valence-corrected chi connectivity index (χ2v) is 11.6.